The lowest BCUT2D eigenvalue weighted by Gasteiger charge is -2.19. The molecule has 0 aliphatic carbocycles. The molecular formula is C20H24N2O4. The number of likely N-dealkylation sites (N-methyl/N-ethyl adjacent to an activating group) is 1. The Kier molecular flexibility index (Phi) is 6.22. The Morgan fingerprint density at radius 2 is 1.54 bits per heavy atom. The molecule has 0 spiro atoms. The van der Waals surface area contributed by atoms with Crippen LogP contribution in [0.4, 0.5) is 5.69 Å². The fraction of sp³-hybridized carbons (Fsp3) is 0.300. The van der Waals surface area contributed by atoms with E-state index in [1.807, 2.05) is 38.1 Å². The molecule has 0 aliphatic heterocycles. The third-order valence-electron chi connectivity index (χ3n) is 4.06. The first-order chi connectivity index (χ1) is 12.3. The van der Waals surface area contributed by atoms with Crippen LogP contribution in [0.15, 0.2) is 36.4 Å². The van der Waals surface area contributed by atoms with E-state index in [9.17, 15) is 9.59 Å². The molecule has 1 N–H and O–H groups in total. The van der Waals surface area contributed by atoms with Crippen LogP contribution in [0, 0.1) is 13.8 Å². The second-order valence-electron chi connectivity index (χ2n) is 6.08. The van der Waals surface area contributed by atoms with Crippen molar-refractivity contribution in [2.45, 2.75) is 13.8 Å². The summed E-state index contributed by atoms with van der Waals surface area (Å²) in [5, 5.41) is 2.78. The average molecular weight is 356 g/mol. The van der Waals surface area contributed by atoms with Crippen LogP contribution in [0.3, 0.4) is 0 Å². The van der Waals surface area contributed by atoms with Gasteiger partial charge in [0.25, 0.3) is 5.91 Å². The zero-order valence-electron chi connectivity index (χ0n) is 15.8. The largest absolute Gasteiger partial charge is 0.496 e. The van der Waals surface area contributed by atoms with E-state index in [-0.39, 0.29) is 18.4 Å². The van der Waals surface area contributed by atoms with Crippen molar-refractivity contribution >= 4 is 17.5 Å². The fourth-order valence-electron chi connectivity index (χ4n) is 2.55. The molecule has 0 radical (unpaired) electrons. The number of carbonyl (C=O) groups excluding carboxylic acids is 2. The van der Waals surface area contributed by atoms with E-state index in [2.05, 4.69) is 5.32 Å². The Bertz CT molecular complexity index is 775. The fourth-order valence-corrected chi connectivity index (χ4v) is 2.55. The molecule has 0 saturated heterocycles. The van der Waals surface area contributed by atoms with Gasteiger partial charge >= 0.3 is 0 Å². The Hall–Kier alpha value is -3.02. The molecule has 2 amide bonds. The third kappa shape index (κ3) is 4.53. The number of amides is 2. The summed E-state index contributed by atoms with van der Waals surface area (Å²) in [5.41, 5.74) is 3.01. The first-order valence-corrected chi connectivity index (χ1v) is 8.20. The molecule has 0 aliphatic rings. The van der Waals surface area contributed by atoms with Gasteiger partial charge in [0.1, 0.15) is 11.5 Å². The van der Waals surface area contributed by atoms with Gasteiger partial charge in [0, 0.05) is 23.9 Å². The van der Waals surface area contributed by atoms with Crippen LogP contribution in [0.2, 0.25) is 0 Å². The first kappa shape index (κ1) is 19.3. The van der Waals surface area contributed by atoms with E-state index in [1.165, 1.54) is 19.1 Å². The molecule has 0 aromatic heterocycles. The van der Waals surface area contributed by atoms with E-state index >= 15 is 0 Å². The summed E-state index contributed by atoms with van der Waals surface area (Å²) in [6.45, 7) is 3.76. The van der Waals surface area contributed by atoms with Gasteiger partial charge in [-0.05, 0) is 38.1 Å². The molecule has 0 atom stereocenters. The molecule has 2 rings (SSSR count). The van der Waals surface area contributed by atoms with Gasteiger partial charge in [-0.1, -0.05) is 17.7 Å². The number of benzene rings is 2. The molecule has 0 saturated carbocycles. The maximum Gasteiger partial charge on any atom is 0.254 e. The number of hydrogen-bond donors (Lipinski definition) is 1. The molecule has 0 bridgehead atoms. The van der Waals surface area contributed by atoms with Crippen LogP contribution < -0.4 is 14.8 Å². The van der Waals surface area contributed by atoms with Gasteiger partial charge in [-0.25, -0.2) is 0 Å². The minimum atomic E-state index is -0.291. The Morgan fingerprint density at radius 1 is 1.00 bits per heavy atom. The highest BCUT2D eigenvalue weighted by Gasteiger charge is 2.18. The van der Waals surface area contributed by atoms with Crippen LogP contribution in [-0.4, -0.2) is 44.5 Å². The number of rotatable bonds is 6. The zero-order chi connectivity index (χ0) is 19.3. The van der Waals surface area contributed by atoms with E-state index in [4.69, 9.17) is 9.47 Å². The first-order valence-electron chi connectivity index (χ1n) is 8.20. The summed E-state index contributed by atoms with van der Waals surface area (Å²) in [6.07, 6.45) is 0. The average Bonchev–Trinajstić information content (AvgIpc) is 2.63. The van der Waals surface area contributed by atoms with Crippen molar-refractivity contribution in [3.8, 4) is 11.5 Å². The second kappa shape index (κ2) is 8.38. The van der Waals surface area contributed by atoms with Gasteiger partial charge in [-0.2, -0.15) is 0 Å². The van der Waals surface area contributed by atoms with Crippen LogP contribution in [0.1, 0.15) is 21.5 Å². The Labute approximate surface area is 153 Å². The van der Waals surface area contributed by atoms with E-state index in [0.717, 1.165) is 11.1 Å². The maximum absolute atomic E-state index is 12.7. The monoisotopic (exact) mass is 356 g/mol. The maximum atomic E-state index is 12.7. The highest BCUT2D eigenvalue weighted by Crippen LogP contribution is 2.29. The van der Waals surface area contributed by atoms with E-state index < -0.39 is 0 Å². The highest BCUT2D eigenvalue weighted by molar-refractivity contribution is 5.99. The number of hydrogen-bond acceptors (Lipinski definition) is 4. The van der Waals surface area contributed by atoms with Crippen LogP contribution >= 0.6 is 0 Å². The van der Waals surface area contributed by atoms with Gasteiger partial charge in [-0.3, -0.25) is 9.59 Å². The van der Waals surface area contributed by atoms with Crippen molar-refractivity contribution in [1.82, 2.24) is 4.90 Å². The number of ether oxygens (including phenoxy) is 2. The number of nitrogens with one attached hydrogen (secondary N) is 1. The molecular weight excluding hydrogens is 332 g/mol. The van der Waals surface area contributed by atoms with Crippen molar-refractivity contribution in [2.24, 2.45) is 0 Å². The third-order valence-corrected chi connectivity index (χ3v) is 4.06. The van der Waals surface area contributed by atoms with Crippen molar-refractivity contribution in [3.63, 3.8) is 0 Å². The molecule has 138 valence electrons. The van der Waals surface area contributed by atoms with Crippen LogP contribution in [0.5, 0.6) is 11.5 Å². The minimum absolute atomic E-state index is 0.0643. The Balaban J connectivity index is 2.09. The summed E-state index contributed by atoms with van der Waals surface area (Å²) in [7, 11) is 4.65. The second-order valence-corrected chi connectivity index (χ2v) is 6.08. The lowest BCUT2D eigenvalue weighted by Crippen LogP contribution is -2.35. The lowest BCUT2D eigenvalue weighted by atomic mass is 10.1. The quantitative estimate of drug-likeness (QED) is 0.864. The van der Waals surface area contributed by atoms with Gasteiger partial charge < -0.3 is 19.7 Å². The summed E-state index contributed by atoms with van der Waals surface area (Å²) in [4.78, 5) is 26.2. The van der Waals surface area contributed by atoms with Crippen LogP contribution in [0.25, 0.3) is 0 Å². The minimum Gasteiger partial charge on any atom is -0.496 e. The predicted octanol–water partition coefficient (Wildman–Crippen LogP) is 3.03. The molecule has 2 aromatic carbocycles. The van der Waals surface area contributed by atoms with Gasteiger partial charge in [0.2, 0.25) is 5.91 Å². The molecule has 0 fully saturated rings. The number of anilines is 1. The summed E-state index contributed by atoms with van der Waals surface area (Å²) >= 11 is 0. The summed E-state index contributed by atoms with van der Waals surface area (Å²) < 4.78 is 10.6. The van der Waals surface area contributed by atoms with Gasteiger partial charge in [0.15, 0.2) is 0 Å². The lowest BCUT2D eigenvalue weighted by molar-refractivity contribution is -0.116. The summed E-state index contributed by atoms with van der Waals surface area (Å²) in [6, 6.07) is 10.8. The smallest absolute Gasteiger partial charge is 0.254 e. The van der Waals surface area contributed by atoms with Crippen molar-refractivity contribution in [3.05, 3.63) is 53.1 Å². The number of carbonyl (C=O) groups is 2. The molecule has 6 nitrogen and oxygen atoms in total. The zero-order valence-corrected chi connectivity index (χ0v) is 15.8. The molecule has 26 heavy (non-hydrogen) atoms. The number of aryl methyl sites for hydroxylation is 1. The number of nitrogens with zero attached hydrogens (tertiary/aromatic N) is 1. The predicted molar refractivity (Wildman–Crippen MR) is 101 cm³/mol. The van der Waals surface area contributed by atoms with Crippen molar-refractivity contribution in [2.75, 3.05) is 33.1 Å². The van der Waals surface area contributed by atoms with Gasteiger partial charge in [-0.15, -0.1) is 0 Å². The summed E-state index contributed by atoms with van der Waals surface area (Å²) in [5.74, 6) is 0.562. The van der Waals surface area contributed by atoms with E-state index in [1.54, 1.807) is 19.2 Å². The molecule has 2 aromatic rings. The molecule has 6 heteroatoms. The molecule has 0 unspecified atom stereocenters. The van der Waals surface area contributed by atoms with E-state index in [0.29, 0.717) is 22.7 Å². The van der Waals surface area contributed by atoms with Crippen LogP contribution in [-0.2, 0) is 4.79 Å². The Morgan fingerprint density at radius 3 is 2.04 bits per heavy atom. The molecule has 0 heterocycles. The van der Waals surface area contributed by atoms with Gasteiger partial charge in [0.05, 0.1) is 20.8 Å². The standard InChI is InChI=1S/C20H24N2O4/c1-13-6-8-16(9-7-13)21-19(23)12-22(3)20(24)15-10-17(25-4)14(2)18(11-15)26-5/h6-11H,12H2,1-5H3,(H,21,23). The SMILES string of the molecule is COc1cc(C(=O)N(C)CC(=O)Nc2ccc(C)cc2)cc(OC)c1C. The topological polar surface area (TPSA) is 67.9 Å². The number of methoxy groups -OCH3 is 2. The van der Waals surface area contributed by atoms with Crippen molar-refractivity contribution in [1.29, 1.82) is 0 Å². The highest BCUT2D eigenvalue weighted by atomic mass is 16.5. The van der Waals surface area contributed by atoms with Crippen molar-refractivity contribution < 1.29 is 19.1 Å². The normalized spacial score (nSPS) is 10.2.